The fraction of sp³-hybridized carbons (Fsp3) is 0.400. The molecule has 2 unspecified atom stereocenters. The molecule has 0 radical (unpaired) electrons. The number of nitrogens with zero attached hydrogens (tertiary/aromatic N) is 1. The van der Waals surface area contributed by atoms with Gasteiger partial charge < -0.3 is 19.4 Å². The van der Waals surface area contributed by atoms with Gasteiger partial charge in [0, 0.05) is 38.2 Å². The van der Waals surface area contributed by atoms with E-state index >= 15 is 0 Å². The number of likely N-dealkylation sites (tertiary alicyclic amines) is 1. The molecule has 1 aliphatic rings. The van der Waals surface area contributed by atoms with Gasteiger partial charge in [-0.15, -0.1) is 0 Å². The van der Waals surface area contributed by atoms with Gasteiger partial charge in [-0.1, -0.05) is 18.2 Å². The molecule has 2 atom stereocenters. The molecular weight excluding hydrogens is 256 g/mol. The molecule has 1 N–H and O–H groups in total. The van der Waals surface area contributed by atoms with Crippen LogP contribution in [0.15, 0.2) is 30.3 Å². The average molecular weight is 274 g/mol. The standard InChI is InChI=1S/C15H18N2O3/c1-19-13-8-17(9-14(13)20-2)15(18)12-7-10-5-3-4-6-11(10)16-12/h3-7,13-14,16H,8-9H2,1-2H3. The van der Waals surface area contributed by atoms with Crippen molar-refractivity contribution >= 4 is 16.8 Å². The van der Waals surface area contributed by atoms with Gasteiger partial charge in [0.2, 0.25) is 0 Å². The van der Waals surface area contributed by atoms with Crippen LogP contribution in [0.3, 0.4) is 0 Å². The fourth-order valence-corrected chi connectivity index (χ4v) is 2.72. The highest BCUT2D eigenvalue weighted by Gasteiger charge is 2.36. The number of para-hydroxylation sites is 1. The lowest BCUT2D eigenvalue weighted by Gasteiger charge is -2.14. The number of fused-ring (bicyclic) bond motifs is 1. The highest BCUT2D eigenvalue weighted by atomic mass is 16.5. The lowest BCUT2D eigenvalue weighted by Crippen LogP contribution is -2.30. The number of hydrogen-bond donors (Lipinski definition) is 1. The molecule has 1 amide bonds. The van der Waals surface area contributed by atoms with Gasteiger partial charge in [0.25, 0.3) is 5.91 Å². The van der Waals surface area contributed by atoms with Crippen LogP contribution in [0.5, 0.6) is 0 Å². The van der Waals surface area contributed by atoms with E-state index in [9.17, 15) is 4.79 Å². The number of nitrogens with one attached hydrogen (secondary N) is 1. The van der Waals surface area contributed by atoms with Crippen molar-refractivity contribution in [1.29, 1.82) is 0 Å². The van der Waals surface area contributed by atoms with E-state index < -0.39 is 0 Å². The molecule has 1 aromatic heterocycles. The van der Waals surface area contributed by atoms with Crippen LogP contribution in [-0.2, 0) is 9.47 Å². The fourth-order valence-electron chi connectivity index (χ4n) is 2.72. The molecule has 2 aromatic rings. The largest absolute Gasteiger partial charge is 0.377 e. The number of H-pyrrole nitrogens is 1. The second-order valence-electron chi connectivity index (χ2n) is 5.03. The quantitative estimate of drug-likeness (QED) is 0.926. The number of hydrogen-bond acceptors (Lipinski definition) is 3. The van der Waals surface area contributed by atoms with Gasteiger partial charge in [0.1, 0.15) is 17.9 Å². The Morgan fingerprint density at radius 3 is 2.45 bits per heavy atom. The molecular formula is C15H18N2O3. The number of rotatable bonds is 3. The number of amides is 1. The van der Waals surface area contributed by atoms with Crippen LogP contribution in [0, 0.1) is 0 Å². The van der Waals surface area contributed by atoms with Gasteiger partial charge in [-0.25, -0.2) is 0 Å². The number of methoxy groups -OCH3 is 2. The minimum absolute atomic E-state index is 0.0113. The first kappa shape index (κ1) is 13.1. The third-order valence-corrected chi connectivity index (χ3v) is 3.87. The molecule has 5 heteroatoms. The molecule has 20 heavy (non-hydrogen) atoms. The number of carbonyl (C=O) groups is 1. The third-order valence-electron chi connectivity index (χ3n) is 3.87. The first-order valence-electron chi connectivity index (χ1n) is 6.65. The molecule has 0 bridgehead atoms. The lowest BCUT2D eigenvalue weighted by molar-refractivity contribution is -0.00461. The van der Waals surface area contributed by atoms with Crippen LogP contribution in [0.1, 0.15) is 10.5 Å². The minimum atomic E-state index is -0.0617. The SMILES string of the molecule is COC1CN(C(=O)c2cc3ccccc3[nH]2)CC1OC. The first-order valence-corrected chi connectivity index (χ1v) is 6.65. The highest BCUT2D eigenvalue weighted by Crippen LogP contribution is 2.20. The van der Waals surface area contributed by atoms with Crippen LogP contribution < -0.4 is 0 Å². The molecule has 5 nitrogen and oxygen atoms in total. The summed E-state index contributed by atoms with van der Waals surface area (Å²) in [5, 5.41) is 1.04. The molecule has 0 saturated carbocycles. The summed E-state index contributed by atoms with van der Waals surface area (Å²) in [7, 11) is 3.29. The monoisotopic (exact) mass is 274 g/mol. The predicted molar refractivity (Wildman–Crippen MR) is 75.8 cm³/mol. The molecule has 1 aliphatic heterocycles. The molecule has 0 spiro atoms. The molecule has 106 valence electrons. The highest BCUT2D eigenvalue weighted by molar-refractivity contribution is 5.98. The van der Waals surface area contributed by atoms with E-state index in [1.165, 1.54) is 0 Å². The van der Waals surface area contributed by atoms with Crippen LogP contribution >= 0.6 is 0 Å². The van der Waals surface area contributed by atoms with Crippen LogP contribution in [0.25, 0.3) is 10.9 Å². The Balaban J connectivity index is 1.82. The maximum absolute atomic E-state index is 12.5. The van der Waals surface area contributed by atoms with Crippen molar-refractivity contribution < 1.29 is 14.3 Å². The molecule has 3 rings (SSSR count). The number of aromatic amines is 1. The van der Waals surface area contributed by atoms with Gasteiger partial charge in [0.15, 0.2) is 0 Å². The van der Waals surface area contributed by atoms with Crippen molar-refractivity contribution in [1.82, 2.24) is 9.88 Å². The van der Waals surface area contributed by atoms with Gasteiger partial charge in [-0.2, -0.15) is 0 Å². The van der Waals surface area contributed by atoms with Crippen LogP contribution in [0.2, 0.25) is 0 Å². The summed E-state index contributed by atoms with van der Waals surface area (Å²) < 4.78 is 10.7. The Labute approximate surface area is 117 Å². The van der Waals surface area contributed by atoms with Gasteiger partial charge in [0.05, 0.1) is 0 Å². The van der Waals surface area contributed by atoms with E-state index in [1.54, 1.807) is 19.1 Å². The number of ether oxygens (including phenoxy) is 2. The maximum atomic E-state index is 12.5. The summed E-state index contributed by atoms with van der Waals surface area (Å²) in [6.45, 7) is 1.12. The molecule has 2 heterocycles. The van der Waals surface area contributed by atoms with E-state index in [-0.39, 0.29) is 18.1 Å². The number of carbonyl (C=O) groups excluding carboxylic acids is 1. The minimum Gasteiger partial charge on any atom is -0.377 e. The predicted octanol–water partition coefficient (Wildman–Crippen LogP) is 1.65. The summed E-state index contributed by atoms with van der Waals surface area (Å²) in [5.41, 5.74) is 1.58. The van der Waals surface area contributed by atoms with Crippen molar-refractivity contribution in [3.63, 3.8) is 0 Å². The lowest BCUT2D eigenvalue weighted by atomic mass is 10.2. The van der Waals surface area contributed by atoms with Crippen molar-refractivity contribution in [2.75, 3.05) is 27.3 Å². The molecule has 1 aromatic carbocycles. The average Bonchev–Trinajstić information content (AvgIpc) is 3.09. The van der Waals surface area contributed by atoms with Gasteiger partial charge in [-0.05, 0) is 12.1 Å². The first-order chi connectivity index (χ1) is 9.72. The Hall–Kier alpha value is -1.85. The summed E-state index contributed by atoms with van der Waals surface area (Å²) in [6.07, 6.45) is -0.123. The van der Waals surface area contributed by atoms with Gasteiger partial charge in [-0.3, -0.25) is 4.79 Å². The van der Waals surface area contributed by atoms with E-state index in [2.05, 4.69) is 4.98 Å². The Morgan fingerprint density at radius 1 is 1.20 bits per heavy atom. The normalized spacial score (nSPS) is 22.6. The summed E-state index contributed by atoms with van der Waals surface area (Å²) in [5.74, 6) is -0.0113. The Morgan fingerprint density at radius 2 is 1.85 bits per heavy atom. The van der Waals surface area contributed by atoms with E-state index in [0.29, 0.717) is 18.8 Å². The molecule has 1 fully saturated rings. The van der Waals surface area contributed by atoms with Crippen molar-refractivity contribution in [2.24, 2.45) is 0 Å². The summed E-state index contributed by atoms with van der Waals surface area (Å²) in [6, 6.07) is 9.75. The Kier molecular flexibility index (Phi) is 3.46. The zero-order valence-corrected chi connectivity index (χ0v) is 11.6. The van der Waals surface area contributed by atoms with E-state index in [0.717, 1.165) is 10.9 Å². The van der Waals surface area contributed by atoms with Crippen molar-refractivity contribution in [2.45, 2.75) is 12.2 Å². The zero-order valence-electron chi connectivity index (χ0n) is 11.6. The number of benzene rings is 1. The van der Waals surface area contributed by atoms with Crippen molar-refractivity contribution in [3.05, 3.63) is 36.0 Å². The topological polar surface area (TPSA) is 54.6 Å². The van der Waals surface area contributed by atoms with Crippen LogP contribution in [0.4, 0.5) is 0 Å². The maximum Gasteiger partial charge on any atom is 0.270 e. The second kappa shape index (κ2) is 5.26. The summed E-state index contributed by atoms with van der Waals surface area (Å²) in [4.78, 5) is 17.5. The smallest absolute Gasteiger partial charge is 0.270 e. The van der Waals surface area contributed by atoms with Gasteiger partial charge >= 0.3 is 0 Å². The van der Waals surface area contributed by atoms with Crippen molar-refractivity contribution in [3.8, 4) is 0 Å². The second-order valence-corrected chi connectivity index (χ2v) is 5.03. The Bertz CT molecular complexity index is 577. The van der Waals surface area contributed by atoms with E-state index in [1.807, 2.05) is 30.3 Å². The van der Waals surface area contributed by atoms with Crippen LogP contribution in [-0.4, -0.2) is 55.3 Å². The molecule has 0 aliphatic carbocycles. The molecule has 1 saturated heterocycles. The van der Waals surface area contributed by atoms with E-state index in [4.69, 9.17) is 9.47 Å². The summed E-state index contributed by atoms with van der Waals surface area (Å²) >= 11 is 0. The zero-order chi connectivity index (χ0) is 14.1. The number of aromatic nitrogens is 1. The third kappa shape index (κ3) is 2.19.